The van der Waals surface area contributed by atoms with Gasteiger partial charge >= 0.3 is 21.1 Å². The quantitative estimate of drug-likeness (QED) is 0.464. The van der Waals surface area contributed by atoms with Crippen molar-refractivity contribution in [2.45, 2.75) is 11.8 Å². The van der Waals surface area contributed by atoms with Gasteiger partial charge in [-0.3, -0.25) is 9.13 Å². The molecule has 0 fully saturated rings. The summed E-state index contributed by atoms with van der Waals surface area (Å²) in [5.41, 5.74) is 0.206. The van der Waals surface area contributed by atoms with Gasteiger partial charge in [0.2, 0.25) is 0 Å². The van der Waals surface area contributed by atoms with E-state index in [-0.39, 0.29) is 11.4 Å². The predicted molar refractivity (Wildman–Crippen MR) is 56.2 cm³/mol. The van der Waals surface area contributed by atoms with Crippen molar-refractivity contribution in [3.63, 3.8) is 0 Å². The molecule has 0 amide bonds. The van der Waals surface area contributed by atoms with E-state index >= 15 is 0 Å². The standard InChI is InChI=1S/C7H11NO7P2/c9-6-3-5(1-2-8-6)4-7(16(10,11)12)17(13,14)15/h1-3,7H,4H2,(H,8,9)(H2,10,11,12)(H2,13,14,15)/p+1. The number of pyridine rings is 1. The molecule has 0 aromatic carbocycles. The van der Waals surface area contributed by atoms with Gasteiger partial charge in [-0.15, -0.1) is 0 Å². The average molecular weight is 284 g/mol. The minimum atomic E-state index is -4.93. The first-order valence-electron chi connectivity index (χ1n) is 4.40. The third-order valence-corrected chi connectivity index (χ3v) is 5.77. The van der Waals surface area contributed by atoms with Crippen LogP contribution >= 0.6 is 15.2 Å². The van der Waals surface area contributed by atoms with Gasteiger partial charge in [0, 0.05) is 6.07 Å². The smallest absolute Gasteiger partial charge is 0.363 e. The highest BCUT2D eigenvalue weighted by Crippen LogP contribution is 2.60. The molecular formula is C7H12NO7P2+. The largest absolute Gasteiger partial charge is 0.460 e. The Hall–Kier alpha value is -0.750. The Morgan fingerprint density at radius 3 is 2.12 bits per heavy atom. The maximum absolute atomic E-state index is 11.0. The second-order valence-corrected chi connectivity index (χ2v) is 7.46. The minimum absolute atomic E-state index is 0.206. The Balaban J connectivity index is 3.04. The molecule has 1 rings (SSSR count). The molecule has 0 unspecified atom stereocenters. The van der Waals surface area contributed by atoms with E-state index < -0.39 is 27.0 Å². The van der Waals surface area contributed by atoms with Crippen LogP contribution in [0.3, 0.4) is 0 Å². The fourth-order valence-corrected chi connectivity index (χ4v) is 3.74. The summed E-state index contributed by atoms with van der Waals surface area (Å²) in [5, 5.41) is 6.99. The first-order valence-corrected chi connectivity index (χ1v) is 7.77. The van der Waals surface area contributed by atoms with Crippen molar-refractivity contribution in [2.75, 3.05) is 0 Å². The first-order chi connectivity index (χ1) is 7.60. The molecule has 0 aliphatic heterocycles. The van der Waals surface area contributed by atoms with Crippen LogP contribution in [0.5, 0.6) is 5.88 Å². The van der Waals surface area contributed by atoms with E-state index in [1.54, 1.807) is 0 Å². The molecule has 1 heterocycles. The predicted octanol–water partition coefficient (Wildman–Crippen LogP) is -0.570. The van der Waals surface area contributed by atoms with Gasteiger partial charge < -0.3 is 24.7 Å². The lowest BCUT2D eigenvalue weighted by Gasteiger charge is -2.19. The lowest BCUT2D eigenvalue weighted by molar-refractivity contribution is -0.394. The van der Waals surface area contributed by atoms with E-state index in [2.05, 4.69) is 4.98 Å². The van der Waals surface area contributed by atoms with Crippen LogP contribution in [-0.4, -0.2) is 30.1 Å². The summed E-state index contributed by atoms with van der Waals surface area (Å²) in [5.74, 6) is -0.266. The topological polar surface area (TPSA) is 149 Å². The van der Waals surface area contributed by atoms with Crippen molar-refractivity contribution in [3.05, 3.63) is 23.9 Å². The molecule has 0 saturated heterocycles. The second kappa shape index (κ2) is 4.86. The van der Waals surface area contributed by atoms with Gasteiger partial charge in [-0.2, -0.15) is 4.98 Å². The molecule has 17 heavy (non-hydrogen) atoms. The summed E-state index contributed by atoms with van der Waals surface area (Å²) >= 11 is 0. The van der Waals surface area contributed by atoms with Crippen molar-refractivity contribution < 1.29 is 38.8 Å². The van der Waals surface area contributed by atoms with Crippen LogP contribution in [0.4, 0.5) is 0 Å². The molecule has 6 N–H and O–H groups in total. The molecule has 0 saturated carbocycles. The van der Waals surface area contributed by atoms with Crippen molar-refractivity contribution in [3.8, 4) is 5.88 Å². The molecule has 10 heteroatoms. The van der Waals surface area contributed by atoms with Crippen molar-refractivity contribution in [1.29, 1.82) is 0 Å². The van der Waals surface area contributed by atoms with Crippen LogP contribution in [0.15, 0.2) is 18.3 Å². The van der Waals surface area contributed by atoms with Gasteiger partial charge in [-0.25, -0.2) is 0 Å². The number of aromatic hydroxyl groups is 1. The van der Waals surface area contributed by atoms with Crippen LogP contribution in [-0.2, 0) is 15.6 Å². The molecule has 1 aromatic heterocycles. The van der Waals surface area contributed by atoms with Gasteiger partial charge in [0.1, 0.15) is 0 Å². The number of hydrogen-bond donors (Lipinski definition) is 5. The molecule has 8 nitrogen and oxygen atoms in total. The van der Waals surface area contributed by atoms with Gasteiger partial charge in [0.25, 0.3) is 0 Å². The zero-order valence-electron chi connectivity index (χ0n) is 8.46. The zero-order valence-corrected chi connectivity index (χ0v) is 10.3. The van der Waals surface area contributed by atoms with Crippen LogP contribution in [0.25, 0.3) is 0 Å². The van der Waals surface area contributed by atoms with Gasteiger partial charge in [-0.05, 0) is 12.0 Å². The van der Waals surface area contributed by atoms with E-state index in [1.807, 2.05) is 0 Å². The highest BCUT2D eigenvalue weighted by molar-refractivity contribution is 7.70. The summed E-state index contributed by atoms with van der Waals surface area (Å²) in [4.78, 5) is 38.0. The van der Waals surface area contributed by atoms with E-state index in [0.29, 0.717) is 0 Å². The van der Waals surface area contributed by atoms with Gasteiger partial charge in [0.05, 0.1) is 6.07 Å². The monoisotopic (exact) mass is 284 g/mol. The third-order valence-electron chi connectivity index (χ3n) is 2.05. The van der Waals surface area contributed by atoms with Crippen molar-refractivity contribution >= 4 is 15.2 Å². The van der Waals surface area contributed by atoms with E-state index in [9.17, 15) is 9.13 Å². The Bertz CT molecular complexity index is 471. The zero-order chi connectivity index (χ0) is 13.3. The number of nitrogens with one attached hydrogen (secondary N) is 1. The van der Waals surface area contributed by atoms with E-state index in [1.165, 1.54) is 12.3 Å². The summed E-state index contributed by atoms with van der Waals surface area (Å²) in [6.45, 7) is 0. The maximum atomic E-state index is 11.0. The molecule has 0 spiro atoms. The fraction of sp³-hybridized carbons (Fsp3) is 0.286. The Morgan fingerprint density at radius 1 is 1.18 bits per heavy atom. The Kier molecular flexibility index (Phi) is 4.09. The molecule has 0 bridgehead atoms. The van der Waals surface area contributed by atoms with Crippen molar-refractivity contribution in [2.24, 2.45) is 0 Å². The Labute approximate surface area is 96.3 Å². The number of hydrogen-bond acceptors (Lipinski definition) is 3. The third kappa shape index (κ3) is 4.20. The molecule has 0 atom stereocenters. The summed E-state index contributed by atoms with van der Waals surface area (Å²) in [6.07, 6.45) is 0.762. The summed E-state index contributed by atoms with van der Waals surface area (Å²) in [7, 11) is -9.87. The van der Waals surface area contributed by atoms with Gasteiger partial charge in [0.15, 0.2) is 11.6 Å². The molecular weight excluding hydrogens is 272 g/mol. The number of aromatic amines is 1. The Morgan fingerprint density at radius 2 is 1.71 bits per heavy atom. The summed E-state index contributed by atoms with van der Waals surface area (Å²) in [6, 6.07) is 2.50. The molecule has 96 valence electrons. The second-order valence-electron chi connectivity index (χ2n) is 3.45. The van der Waals surface area contributed by atoms with Gasteiger partial charge in [-0.1, -0.05) is 0 Å². The number of H-pyrrole nitrogens is 1. The highest BCUT2D eigenvalue weighted by atomic mass is 31.2. The lowest BCUT2D eigenvalue weighted by atomic mass is 10.2. The van der Waals surface area contributed by atoms with Crippen LogP contribution in [0, 0.1) is 0 Å². The van der Waals surface area contributed by atoms with Crippen LogP contribution < -0.4 is 4.98 Å². The van der Waals surface area contributed by atoms with E-state index in [4.69, 9.17) is 24.7 Å². The molecule has 0 aliphatic rings. The van der Waals surface area contributed by atoms with E-state index in [0.717, 1.165) is 6.07 Å². The average Bonchev–Trinajstić information content (AvgIpc) is 2.10. The maximum Gasteiger partial charge on any atom is 0.363 e. The fourth-order valence-electron chi connectivity index (χ4n) is 1.27. The number of aromatic nitrogens is 1. The normalized spacial score (nSPS) is 13.0. The van der Waals surface area contributed by atoms with Crippen LogP contribution in [0.1, 0.15) is 5.56 Å². The molecule has 0 radical (unpaired) electrons. The minimum Gasteiger partial charge on any atom is -0.460 e. The SMILES string of the molecule is O=P(O)(O)C(Cc1cc[nH+]c(O)c1)P(=O)(O)O. The number of rotatable bonds is 4. The first kappa shape index (κ1) is 14.3. The molecule has 1 aromatic rings. The highest BCUT2D eigenvalue weighted by Gasteiger charge is 2.43. The van der Waals surface area contributed by atoms with Crippen molar-refractivity contribution in [1.82, 2.24) is 0 Å². The van der Waals surface area contributed by atoms with Crippen LogP contribution in [0.2, 0.25) is 0 Å². The molecule has 0 aliphatic carbocycles. The summed E-state index contributed by atoms with van der Waals surface area (Å²) < 4.78 is 22.0. The lowest BCUT2D eigenvalue weighted by Crippen LogP contribution is -2.13.